The van der Waals surface area contributed by atoms with Crippen molar-refractivity contribution in [1.82, 2.24) is 4.90 Å². The zero-order valence-corrected chi connectivity index (χ0v) is 16.7. The Labute approximate surface area is 173 Å². The average Bonchev–Trinajstić information content (AvgIpc) is 3.32. The van der Waals surface area contributed by atoms with Crippen molar-refractivity contribution < 1.29 is 14.3 Å². The molecule has 0 unspecified atom stereocenters. The number of ether oxygens (including phenoxy) is 1. The van der Waals surface area contributed by atoms with E-state index in [4.69, 9.17) is 4.74 Å². The highest BCUT2D eigenvalue weighted by atomic mass is 32.2. The van der Waals surface area contributed by atoms with E-state index in [-0.39, 0.29) is 18.5 Å². The number of hydrogen-bond donors (Lipinski definition) is 0. The van der Waals surface area contributed by atoms with Gasteiger partial charge in [0.15, 0.2) is 0 Å². The van der Waals surface area contributed by atoms with Crippen molar-refractivity contribution in [3.63, 3.8) is 0 Å². The van der Waals surface area contributed by atoms with E-state index >= 15 is 0 Å². The Morgan fingerprint density at radius 3 is 2.66 bits per heavy atom. The summed E-state index contributed by atoms with van der Waals surface area (Å²) in [5, 5.41) is 2.20. The molecule has 5 rings (SSSR count). The van der Waals surface area contributed by atoms with Crippen molar-refractivity contribution in [2.45, 2.75) is 30.4 Å². The van der Waals surface area contributed by atoms with Crippen LogP contribution in [0.4, 0.5) is 0 Å². The Bertz CT molecular complexity index is 1080. The number of thioether (sulfide) groups is 1. The second-order valence-corrected chi connectivity index (χ2v) is 8.78. The molecule has 0 N–H and O–H groups in total. The van der Waals surface area contributed by atoms with Gasteiger partial charge in [-0.15, -0.1) is 11.8 Å². The summed E-state index contributed by atoms with van der Waals surface area (Å²) in [7, 11) is 0. The van der Waals surface area contributed by atoms with Gasteiger partial charge in [-0.1, -0.05) is 72.8 Å². The fraction of sp³-hybridized carbons (Fsp3) is 0.250. The highest BCUT2D eigenvalue weighted by molar-refractivity contribution is 8.00. The van der Waals surface area contributed by atoms with E-state index in [1.165, 1.54) is 0 Å². The van der Waals surface area contributed by atoms with Crippen molar-refractivity contribution in [3.05, 3.63) is 83.9 Å². The minimum atomic E-state index is -0.537. The first-order chi connectivity index (χ1) is 14.2. The number of fused-ring (bicyclic) bond motifs is 2. The normalized spacial score (nSPS) is 23.4. The molecule has 4 nitrogen and oxygen atoms in total. The first kappa shape index (κ1) is 18.3. The van der Waals surface area contributed by atoms with Gasteiger partial charge in [0.2, 0.25) is 5.91 Å². The van der Waals surface area contributed by atoms with Crippen LogP contribution in [0, 0.1) is 0 Å². The quantitative estimate of drug-likeness (QED) is 0.603. The third kappa shape index (κ3) is 3.01. The molecular weight excluding hydrogens is 382 g/mol. The second kappa shape index (κ2) is 7.23. The van der Waals surface area contributed by atoms with Crippen LogP contribution < -0.4 is 0 Å². The molecule has 2 saturated heterocycles. The number of amides is 1. The predicted octanol–water partition coefficient (Wildman–Crippen LogP) is 4.47. The summed E-state index contributed by atoms with van der Waals surface area (Å²) in [5.41, 5.74) is 2.06. The molecule has 2 atom stereocenters. The largest absolute Gasteiger partial charge is 0.459 e. The maximum atomic E-state index is 13.0. The molecule has 0 saturated carbocycles. The maximum absolute atomic E-state index is 13.0. The van der Waals surface area contributed by atoms with E-state index in [0.717, 1.165) is 28.3 Å². The summed E-state index contributed by atoms with van der Waals surface area (Å²) in [6, 6.07) is 23.6. The van der Waals surface area contributed by atoms with Crippen LogP contribution in [0.2, 0.25) is 0 Å². The Morgan fingerprint density at radius 1 is 1.03 bits per heavy atom. The van der Waals surface area contributed by atoms with Crippen LogP contribution in [0.3, 0.4) is 0 Å². The summed E-state index contributed by atoms with van der Waals surface area (Å²) >= 11 is 1.68. The lowest BCUT2D eigenvalue weighted by molar-refractivity contribution is -0.155. The molecule has 0 bridgehead atoms. The van der Waals surface area contributed by atoms with Gasteiger partial charge in [0.1, 0.15) is 17.5 Å². The standard InChI is InChI=1S/C24H21NO3S/c26-22-13-14-24(19-10-2-1-3-11-19)25(22)21(16-29-24)23(27)28-15-18-9-6-8-17-7-4-5-12-20(17)18/h1-12,21H,13-16H2/t21-,24-/m1/s1. The SMILES string of the molecule is O=C(OCc1cccc2ccccc12)[C@H]1CS[C@@]2(c3ccccc3)CCC(=O)N12. The van der Waals surface area contributed by atoms with Gasteiger partial charge in [-0.25, -0.2) is 4.79 Å². The summed E-state index contributed by atoms with van der Waals surface area (Å²) in [4.78, 5) is 27.0. The van der Waals surface area contributed by atoms with Crippen LogP contribution >= 0.6 is 11.8 Å². The average molecular weight is 404 g/mol. The van der Waals surface area contributed by atoms with Crippen LogP contribution in [-0.4, -0.2) is 28.6 Å². The van der Waals surface area contributed by atoms with Gasteiger partial charge in [0.05, 0.1) is 0 Å². The van der Waals surface area contributed by atoms with Crippen molar-refractivity contribution in [3.8, 4) is 0 Å². The fourth-order valence-electron chi connectivity index (χ4n) is 4.48. The number of carbonyl (C=O) groups is 2. The van der Waals surface area contributed by atoms with Crippen LogP contribution in [-0.2, 0) is 25.8 Å². The number of esters is 1. The lowest BCUT2D eigenvalue weighted by atomic mass is 10.0. The fourth-order valence-corrected chi connectivity index (χ4v) is 6.12. The molecule has 0 aromatic heterocycles. The number of hydrogen-bond acceptors (Lipinski definition) is 4. The Kier molecular flexibility index (Phi) is 4.55. The van der Waals surface area contributed by atoms with Gasteiger partial charge < -0.3 is 9.64 Å². The van der Waals surface area contributed by atoms with Gasteiger partial charge in [0, 0.05) is 12.2 Å². The maximum Gasteiger partial charge on any atom is 0.330 e. The highest BCUT2D eigenvalue weighted by Crippen LogP contribution is 2.54. The molecule has 2 fully saturated rings. The minimum absolute atomic E-state index is 0.0333. The van der Waals surface area contributed by atoms with E-state index in [9.17, 15) is 9.59 Å². The molecule has 3 aromatic rings. The number of nitrogens with zero attached hydrogens (tertiary/aromatic N) is 1. The van der Waals surface area contributed by atoms with E-state index in [1.54, 1.807) is 16.7 Å². The third-order valence-electron chi connectivity index (χ3n) is 5.87. The summed E-state index contributed by atoms with van der Waals surface area (Å²) < 4.78 is 5.71. The predicted molar refractivity (Wildman–Crippen MR) is 114 cm³/mol. The minimum Gasteiger partial charge on any atom is -0.459 e. The number of carbonyl (C=O) groups excluding carboxylic acids is 2. The molecule has 0 spiro atoms. The first-order valence-electron chi connectivity index (χ1n) is 9.84. The van der Waals surface area contributed by atoms with Gasteiger partial charge in [0.25, 0.3) is 0 Å². The number of rotatable bonds is 4. The monoisotopic (exact) mass is 403 g/mol. The molecule has 0 aliphatic carbocycles. The van der Waals surface area contributed by atoms with Gasteiger partial charge in [-0.05, 0) is 28.3 Å². The van der Waals surface area contributed by atoms with Crippen molar-refractivity contribution in [1.29, 1.82) is 0 Å². The van der Waals surface area contributed by atoms with Crippen molar-refractivity contribution in [2.24, 2.45) is 0 Å². The van der Waals surface area contributed by atoms with E-state index in [0.29, 0.717) is 12.2 Å². The zero-order valence-electron chi connectivity index (χ0n) is 15.9. The molecule has 29 heavy (non-hydrogen) atoms. The third-order valence-corrected chi connectivity index (χ3v) is 7.47. The Hall–Kier alpha value is -2.79. The van der Waals surface area contributed by atoms with Crippen LogP contribution in [0.5, 0.6) is 0 Å². The smallest absolute Gasteiger partial charge is 0.330 e. The van der Waals surface area contributed by atoms with E-state index in [1.807, 2.05) is 72.8 Å². The van der Waals surface area contributed by atoms with Gasteiger partial charge in [-0.3, -0.25) is 4.79 Å². The van der Waals surface area contributed by atoms with Gasteiger partial charge in [-0.2, -0.15) is 0 Å². The number of benzene rings is 3. The Balaban J connectivity index is 1.37. The molecular formula is C24H21NO3S. The second-order valence-electron chi connectivity index (χ2n) is 7.49. The van der Waals surface area contributed by atoms with Crippen LogP contribution in [0.15, 0.2) is 72.8 Å². The van der Waals surface area contributed by atoms with Crippen LogP contribution in [0.25, 0.3) is 10.8 Å². The van der Waals surface area contributed by atoms with Crippen LogP contribution in [0.1, 0.15) is 24.0 Å². The summed E-state index contributed by atoms with van der Waals surface area (Å²) in [6.07, 6.45) is 1.20. The lowest BCUT2D eigenvalue weighted by Crippen LogP contribution is -2.46. The van der Waals surface area contributed by atoms with Crippen molar-refractivity contribution in [2.75, 3.05) is 5.75 Å². The first-order valence-corrected chi connectivity index (χ1v) is 10.8. The molecule has 5 heteroatoms. The topological polar surface area (TPSA) is 46.6 Å². The lowest BCUT2D eigenvalue weighted by Gasteiger charge is -2.33. The van der Waals surface area contributed by atoms with Gasteiger partial charge >= 0.3 is 5.97 Å². The molecule has 0 radical (unpaired) electrons. The molecule has 1 amide bonds. The molecule has 2 aliphatic heterocycles. The zero-order chi connectivity index (χ0) is 19.8. The van der Waals surface area contributed by atoms with E-state index < -0.39 is 10.9 Å². The van der Waals surface area contributed by atoms with E-state index in [2.05, 4.69) is 0 Å². The molecule has 2 heterocycles. The van der Waals surface area contributed by atoms with Crippen molar-refractivity contribution >= 4 is 34.4 Å². The molecule has 2 aliphatic rings. The summed E-state index contributed by atoms with van der Waals surface area (Å²) in [5.74, 6) is 0.277. The highest BCUT2D eigenvalue weighted by Gasteiger charge is 2.57. The molecule has 146 valence electrons. The summed E-state index contributed by atoms with van der Waals surface area (Å²) in [6.45, 7) is 0.210. The Morgan fingerprint density at radius 2 is 1.79 bits per heavy atom. The molecule has 3 aromatic carbocycles.